The molecule has 1 aliphatic rings. The number of benzene rings is 1. The van der Waals surface area contributed by atoms with Crippen LogP contribution in [0.2, 0.25) is 0 Å². The Labute approximate surface area is 162 Å². The van der Waals surface area contributed by atoms with E-state index in [-0.39, 0.29) is 5.91 Å². The van der Waals surface area contributed by atoms with Gasteiger partial charge in [0.25, 0.3) is 5.91 Å². The molecule has 4 rings (SSSR count). The van der Waals surface area contributed by atoms with Crippen LogP contribution in [-0.2, 0) is 13.1 Å². The Morgan fingerprint density at radius 1 is 1.22 bits per heavy atom. The van der Waals surface area contributed by atoms with Crippen LogP contribution in [0.1, 0.15) is 44.8 Å². The summed E-state index contributed by atoms with van der Waals surface area (Å²) in [6, 6.07) is 15.4. The molecule has 0 spiro atoms. The average molecular weight is 382 g/mol. The summed E-state index contributed by atoms with van der Waals surface area (Å²) < 4.78 is 5.25. The molecule has 140 valence electrons. The van der Waals surface area contributed by atoms with E-state index in [0.717, 1.165) is 37.3 Å². The molecule has 1 aromatic carbocycles. The SMILES string of the molecule is O=C(NCc1ccco1)c1ccc(C2CCCN2Cc2ccccc2O)s1. The molecule has 0 bridgehead atoms. The van der Waals surface area contributed by atoms with Crippen molar-refractivity contribution in [3.63, 3.8) is 0 Å². The van der Waals surface area contributed by atoms with E-state index in [4.69, 9.17) is 4.42 Å². The zero-order chi connectivity index (χ0) is 18.6. The van der Waals surface area contributed by atoms with E-state index in [1.807, 2.05) is 36.4 Å². The third-order valence-corrected chi connectivity index (χ3v) is 6.10. The zero-order valence-corrected chi connectivity index (χ0v) is 15.7. The first-order valence-corrected chi connectivity index (χ1v) is 9.93. The second kappa shape index (κ2) is 7.98. The lowest BCUT2D eigenvalue weighted by molar-refractivity contribution is 0.0952. The molecule has 2 N–H and O–H groups in total. The molecule has 1 atom stereocenters. The molecule has 1 unspecified atom stereocenters. The van der Waals surface area contributed by atoms with Crippen molar-refractivity contribution >= 4 is 17.2 Å². The van der Waals surface area contributed by atoms with Crippen molar-refractivity contribution in [2.45, 2.75) is 32.0 Å². The zero-order valence-electron chi connectivity index (χ0n) is 14.9. The number of nitrogens with one attached hydrogen (secondary N) is 1. The van der Waals surface area contributed by atoms with Gasteiger partial charge in [0, 0.05) is 23.0 Å². The fourth-order valence-corrected chi connectivity index (χ4v) is 4.62. The van der Waals surface area contributed by atoms with E-state index < -0.39 is 0 Å². The highest BCUT2D eigenvalue weighted by Crippen LogP contribution is 2.37. The number of amides is 1. The lowest BCUT2D eigenvalue weighted by atomic mass is 10.1. The monoisotopic (exact) mass is 382 g/mol. The quantitative estimate of drug-likeness (QED) is 0.667. The molecule has 0 aliphatic carbocycles. The molecular formula is C21H22N2O3S. The molecule has 1 aliphatic heterocycles. The summed E-state index contributed by atoms with van der Waals surface area (Å²) in [6.07, 6.45) is 3.79. The molecule has 0 saturated carbocycles. The number of rotatable bonds is 6. The van der Waals surface area contributed by atoms with Gasteiger partial charge in [0.2, 0.25) is 0 Å². The van der Waals surface area contributed by atoms with Crippen molar-refractivity contribution in [3.8, 4) is 5.75 Å². The number of thiophene rings is 1. The smallest absolute Gasteiger partial charge is 0.261 e. The van der Waals surface area contributed by atoms with Crippen LogP contribution in [0.3, 0.4) is 0 Å². The molecule has 3 heterocycles. The van der Waals surface area contributed by atoms with Crippen molar-refractivity contribution in [1.29, 1.82) is 0 Å². The van der Waals surface area contributed by atoms with Gasteiger partial charge in [0.05, 0.1) is 17.7 Å². The first-order chi connectivity index (χ1) is 13.2. The minimum atomic E-state index is -0.0760. The summed E-state index contributed by atoms with van der Waals surface area (Å²) in [5, 5.41) is 13.0. The maximum atomic E-state index is 12.4. The second-order valence-corrected chi connectivity index (χ2v) is 7.84. The maximum Gasteiger partial charge on any atom is 0.261 e. The third kappa shape index (κ3) is 4.07. The number of furan rings is 1. The van der Waals surface area contributed by atoms with Crippen molar-refractivity contribution in [2.75, 3.05) is 6.54 Å². The number of aromatic hydroxyl groups is 1. The Morgan fingerprint density at radius 3 is 2.93 bits per heavy atom. The fraction of sp³-hybridized carbons (Fsp3) is 0.286. The highest BCUT2D eigenvalue weighted by molar-refractivity contribution is 7.14. The number of likely N-dealkylation sites (tertiary alicyclic amines) is 1. The highest BCUT2D eigenvalue weighted by atomic mass is 32.1. The lowest BCUT2D eigenvalue weighted by Crippen LogP contribution is -2.22. The van der Waals surface area contributed by atoms with E-state index in [1.165, 1.54) is 4.88 Å². The number of carbonyl (C=O) groups excluding carboxylic acids is 1. The normalized spacial score (nSPS) is 17.3. The molecule has 0 radical (unpaired) electrons. The summed E-state index contributed by atoms with van der Waals surface area (Å²) in [4.78, 5) is 16.7. The van der Waals surface area contributed by atoms with Gasteiger partial charge in [-0.15, -0.1) is 11.3 Å². The number of phenolic OH excluding ortho intramolecular Hbond substituents is 1. The number of hydrogen-bond donors (Lipinski definition) is 2. The maximum absolute atomic E-state index is 12.4. The van der Waals surface area contributed by atoms with Crippen LogP contribution in [0.5, 0.6) is 5.75 Å². The van der Waals surface area contributed by atoms with Gasteiger partial charge in [-0.3, -0.25) is 9.69 Å². The Balaban J connectivity index is 1.42. The number of carbonyl (C=O) groups is 1. The Hall–Kier alpha value is -2.57. The first kappa shape index (κ1) is 17.8. The third-order valence-electron chi connectivity index (χ3n) is 4.91. The van der Waals surface area contributed by atoms with E-state index in [1.54, 1.807) is 23.7 Å². The van der Waals surface area contributed by atoms with Crippen LogP contribution >= 0.6 is 11.3 Å². The van der Waals surface area contributed by atoms with Crippen LogP contribution in [0.25, 0.3) is 0 Å². The average Bonchev–Trinajstić information content (AvgIpc) is 3.43. The molecule has 5 nitrogen and oxygen atoms in total. The molecule has 1 saturated heterocycles. The second-order valence-electron chi connectivity index (χ2n) is 6.72. The number of hydrogen-bond acceptors (Lipinski definition) is 5. The molecule has 2 aromatic heterocycles. The molecule has 27 heavy (non-hydrogen) atoms. The van der Waals surface area contributed by atoms with Crippen LogP contribution in [0.15, 0.2) is 59.2 Å². The van der Waals surface area contributed by atoms with E-state index in [0.29, 0.717) is 23.2 Å². The van der Waals surface area contributed by atoms with Crippen molar-refractivity contribution in [3.05, 3.63) is 75.9 Å². The topological polar surface area (TPSA) is 65.7 Å². The van der Waals surface area contributed by atoms with Gasteiger partial charge in [-0.2, -0.15) is 0 Å². The first-order valence-electron chi connectivity index (χ1n) is 9.12. The van der Waals surface area contributed by atoms with Gasteiger partial charge < -0.3 is 14.8 Å². The largest absolute Gasteiger partial charge is 0.508 e. The summed E-state index contributed by atoms with van der Waals surface area (Å²) >= 11 is 1.55. The van der Waals surface area contributed by atoms with Crippen LogP contribution in [0.4, 0.5) is 0 Å². The predicted molar refractivity (Wildman–Crippen MR) is 105 cm³/mol. The minimum absolute atomic E-state index is 0.0760. The summed E-state index contributed by atoms with van der Waals surface area (Å²) in [5.41, 5.74) is 0.942. The number of phenols is 1. The van der Waals surface area contributed by atoms with E-state index in [9.17, 15) is 9.90 Å². The van der Waals surface area contributed by atoms with E-state index >= 15 is 0 Å². The summed E-state index contributed by atoms with van der Waals surface area (Å²) in [7, 11) is 0. The summed E-state index contributed by atoms with van der Waals surface area (Å²) in [6.45, 7) is 2.11. The van der Waals surface area contributed by atoms with Gasteiger partial charge in [-0.1, -0.05) is 18.2 Å². The number of para-hydroxylation sites is 1. The highest BCUT2D eigenvalue weighted by Gasteiger charge is 2.28. The van der Waals surface area contributed by atoms with Crippen LogP contribution in [0, 0.1) is 0 Å². The van der Waals surface area contributed by atoms with Crippen LogP contribution < -0.4 is 5.32 Å². The van der Waals surface area contributed by atoms with Crippen LogP contribution in [-0.4, -0.2) is 22.5 Å². The Kier molecular flexibility index (Phi) is 5.27. The summed E-state index contributed by atoms with van der Waals surface area (Å²) in [5.74, 6) is 1.00. The van der Waals surface area contributed by atoms with Crippen molar-refractivity contribution in [2.24, 2.45) is 0 Å². The van der Waals surface area contributed by atoms with Gasteiger partial charge in [0.1, 0.15) is 11.5 Å². The Bertz CT molecular complexity index is 904. The Morgan fingerprint density at radius 2 is 2.11 bits per heavy atom. The molecule has 1 fully saturated rings. The van der Waals surface area contributed by atoms with Gasteiger partial charge in [-0.25, -0.2) is 0 Å². The minimum Gasteiger partial charge on any atom is -0.508 e. The van der Waals surface area contributed by atoms with Gasteiger partial charge in [0.15, 0.2) is 0 Å². The fourth-order valence-electron chi connectivity index (χ4n) is 3.52. The standard InChI is InChI=1S/C21H22N2O3S/c24-18-8-2-1-5-15(18)14-23-11-3-7-17(23)19-9-10-20(27-19)21(25)22-13-16-6-4-12-26-16/h1-2,4-6,8-10,12,17,24H,3,7,11,13-14H2,(H,22,25). The molecular weight excluding hydrogens is 360 g/mol. The predicted octanol–water partition coefficient (Wildman–Crippen LogP) is 4.31. The van der Waals surface area contributed by atoms with Crippen molar-refractivity contribution < 1.29 is 14.3 Å². The molecule has 1 amide bonds. The molecule has 6 heteroatoms. The van der Waals surface area contributed by atoms with Crippen molar-refractivity contribution in [1.82, 2.24) is 10.2 Å². The number of nitrogens with zero attached hydrogens (tertiary/aromatic N) is 1. The van der Waals surface area contributed by atoms with E-state index in [2.05, 4.69) is 16.3 Å². The lowest BCUT2D eigenvalue weighted by Gasteiger charge is -2.24. The molecule has 3 aromatic rings. The van der Waals surface area contributed by atoms with Gasteiger partial charge in [-0.05, 0) is 49.7 Å². The van der Waals surface area contributed by atoms with Gasteiger partial charge >= 0.3 is 0 Å².